The van der Waals surface area contributed by atoms with Crippen LogP contribution in [0.3, 0.4) is 0 Å². The number of hydrogen-bond donors (Lipinski definition) is 2. The molecule has 0 bridgehead atoms. The van der Waals surface area contributed by atoms with E-state index in [4.69, 9.17) is 16.7 Å². The summed E-state index contributed by atoms with van der Waals surface area (Å²) in [6, 6.07) is 16.8. The fourth-order valence-corrected chi connectivity index (χ4v) is 3.91. The molecule has 1 amide bonds. The van der Waals surface area contributed by atoms with E-state index in [0.717, 1.165) is 16.8 Å². The monoisotopic (exact) mass is 450 g/mol. The molecule has 32 heavy (non-hydrogen) atoms. The Morgan fingerprint density at radius 2 is 1.91 bits per heavy atom. The quantitative estimate of drug-likeness (QED) is 0.554. The Morgan fingerprint density at radius 3 is 2.53 bits per heavy atom. The van der Waals surface area contributed by atoms with Gasteiger partial charge in [0.15, 0.2) is 5.69 Å². The van der Waals surface area contributed by atoms with Gasteiger partial charge in [0.2, 0.25) is 0 Å². The summed E-state index contributed by atoms with van der Waals surface area (Å²) >= 11 is 6.40. The number of aromatic nitrogens is 2. The Hall–Kier alpha value is -3.42. The van der Waals surface area contributed by atoms with E-state index in [1.165, 1.54) is 0 Å². The molecule has 1 aliphatic rings. The molecule has 2 heterocycles. The lowest BCUT2D eigenvalue weighted by molar-refractivity contribution is -0.147. The number of carboxylic acid groups (broad SMARTS) is 1. The Balaban J connectivity index is 1.47. The number of aliphatic carboxylic acids is 1. The predicted octanol–water partition coefficient (Wildman–Crippen LogP) is 4.46. The van der Waals surface area contributed by atoms with Crippen LogP contribution in [-0.2, 0) is 11.3 Å². The Labute approximate surface area is 190 Å². The summed E-state index contributed by atoms with van der Waals surface area (Å²) in [4.78, 5) is 25.8. The lowest BCUT2D eigenvalue weighted by Gasteiger charge is -2.36. The third kappa shape index (κ3) is 4.59. The second kappa shape index (κ2) is 8.98. The number of hydrogen-bond acceptors (Lipinski definition) is 4. The van der Waals surface area contributed by atoms with Gasteiger partial charge in [-0.2, -0.15) is 5.10 Å². The summed E-state index contributed by atoms with van der Waals surface area (Å²) in [5.74, 6) is -1.44. The number of benzene rings is 2. The highest BCUT2D eigenvalue weighted by atomic mass is 35.5. The summed E-state index contributed by atoms with van der Waals surface area (Å²) in [5.41, 5.74) is 4.10. The molecule has 4 rings (SSSR count). The van der Waals surface area contributed by atoms with Gasteiger partial charge in [-0.1, -0.05) is 54.6 Å². The van der Waals surface area contributed by atoms with Crippen molar-refractivity contribution in [1.82, 2.24) is 14.7 Å². The van der Waals surface area contributed by atoms with Crippen molar-refractivity contribution >= 4 is 34.9 Å². The second-order valence-electron chi connectivity index (χ2n) is 7.93. The fourth-order valence-electron chi connectivity index (χ4n) is 3.66. The zero-order chi connectivity index (χ0) is 22.8. The predicted molar refractivity (Wildman–Crippen MR) is 124 cm³/mol. The lowest BCUT2D eigenvalue weighted by Crippen LogP contribution is -2.49. The maximum absolute atomic E-state index is 12.9. The standard InChI is InChI=1S/C24H23ClN4O3/c1-15(2)29-22(17-6-4-3-5-7-17)11-21(27-29)23(30)26-20-9-8-16(10-19(20)25)12-28-13-18(14-28)24(31)32/h3-11,18H,1,12-14H2,2H3,(H,26,30)(H,31,32). The molecule has 0 radical (unpaired) electrons. The van der Waals surface area contributed by atoms with Gasteiger partial charge in [0.05, 0.1) is 22.3 Å². The molecule has 1 aliphatic heterocycles. The molecule has 0 saturated carbocycles. The first kappa shape index (κ1) is 21.8. The number of allylic oxidation sites excluding steroid dienone is 1. The Kier molecular flexibility index (Phi) is 6.12. The minimum Gasteiger partial charge on any atom is -0.481 e. The topological polar surface area (TPSA) is 87.5 Å². The van der Waals surface area contributed by atoms with Gasteiger partial charge < -0.3 is 10.4 Å². The van der Waals surface area contributed by atoms with Crippen LogP contribution in [-0.4, -0.2) is 44.8 Å². The summed E-state index contributed by atoms with van der Waals surface area (Å²) in [6.45, 7) is 7.45. The van der Waals surface area contributed by atoms with Crippen LogP contribution in [0.2, 0.25) is 5.02 Å². The van der Waals surface area contributed by atoms with Crippen molar-refractivity contribution in [3.63, 3.8) is 0 Å². The first-order chi connectivity index (χ1) is 15.3. The highest BCUT2D eigenvalue weighted by Crippen LogP contribution is 2.27. The molecule has 1 saturated heterocycles. The van der Waals surface area contributed by atoms with Crippen LogP contribution in [0.5, 0.6) is 0 Å². The van der Waals surface area contributed by atoms with Crippen LogP contribution in [0.25, 0.3) is 17.0 Å². The van der Waals surface area contributed by atoms with E-state index in [1.807, 2.05) is 48.2 Å². The van der Waals surface area contributed by atoms with Crippen LogP contribution in [0.4, 0.5) is 5.69 Å². The lowest BCUT2D eigenvalue weighted by atomic mass is 9.99. The van der Waals surface area contributed by atoms with Crippen molar-refractivity contribution in [3.05, 3.63) is 77.5 Å². The van der Waals surface area contributed by atoms with E-state index in [9.17, 15) is 9.59 Å². The number of carboxylic acids is 1. The number of carbonyl (C=O) groups excluding carboxylic acids is 1. The van der Waals surface area contributed by atoms with E-state index >= 15 is 0 Å². The molecule has 0 unspecified atom stereocenters. The van der Waals surface area contributed by atoms with Crippen molar-refractivity contribution in [2.24, 2.45) is 5.92 Å². The van der Waals surface area contributed by atoms with E-state index in [2.05, 4.69) is 17.0 Å². The maximum atomic E-state index is 12.9. The maximum Gasteiger partial charge on any atom is 0.309 e. The number of halogens is 1. The minimum atomic E-state index is -0.762. The summed E-state index contributed by atoms with van der Waals surface area (Å²) in [7, 11) is 0. The van der Waals surface area contributed by atoms with Crippen LogP contribution in [0.1, 0.15) is 23.0 Å². The van der Waals surface area contributed by atoms with Crippen LogP contribution in [0, 0.1) is 5.92 Å². The molecule has 1 aromatic heterocycles. The average Bonchev–Trinajstić information content (AvgIpc) is 3.18. The summed E-state index contributed by atoms with van der Waals surface area (Å²) < 4.78 is 1.65. The van der Waals surface area contributed by atoms with Crippen LogP contribution in [0.15, 0.2) is 61.2 Å². The number of nitrogens with one attached hydrogen (secondary N) is 1. The van der Waals surface area contributed by atoms with Crippen molar-refractivity contribution in [2.75, 3.05) is 18.4 Å². The van der Waals surface area contributed by atoms with Gasteiger partial charge in [0.25, 0.3) is 5.91 Å². The normalized spacial score (nSPS) is 14.1. The summed E-state index contributed by atoms with van der Waals surface area (Å²) in [5, 5.41) is 16.6. The van der Waals surface area contributed by atoms with Gasteiger partial charge in [-0.15, -0.1) is 0 Å². The van der Waals surface area contributed by atoms with E-state index in [-0.39, 0.29) is 17.5 Å². The Bertz CT molecular complexity index is 1180. The molecule has 8 heteroatoms. The van der Waals surface area contributed by atoms with Gasteiger partial charge in [-0.05, 0) is 30.7 Å². The molecular weight excluding hydrogens is 428 g/mol. The molecule has 1 fully saturated rings. The zero-order valence-corrected chi connectivity index (χ0v) is 18.3. The largest absolute Gasteiger partial charge is 0.481 e. The number of amides is 1. The number of rotatable bonds is 7. The molecule has 0 spiro atoms. The zero-order valence-electron chi connectivity index (χ0n) is 17.6. The molecule has 164 valence electrons. The number of carbonyl (C=O) groups is 2. The highest BCUT2D eigenvalue weighted by Gasteiger charge is 2.32. The molecule has 2 N–H and O–H groups in total. The fraction of sp³-hybridized carbons (Fsp3) is 0.208. The smallest absolute Gasteiger partial charge is 0.309 e. The molecule has 2 aromatic carbocycles. The first-order valence-corrected chi connectivity index (χ1v) is 10.6. The van der Waals surface area contributed by atoms with Gasteiger partial charge in [-0.25, -0.2) is 4.68 Å². The van der Waals surface area contributed by atoms with Crippen molar-refractivity contribution < 1.29 is 14.7 Å². The molecule has 0 aliphatic carbocycles. The van der Waals surface area contributed by atoms with Crippen molar-refractivity contribution in [1.29, 1.82) is 0 Å². The van der Waals surface area contributed by atoms with E-state index in [0.29, 0.717) is 36.0 Å². The van der Waals surface area contributed by atoms with Crippen molar-refractivity contribution in [2.45, 2.75) is 13.5 Å². The van der Waals surface area contributed by atoms with Gasteiger partial charge in [0.1, 0.15) is 0 Å². The number of nitrogens with zero attached hydrogens (tertiary/aromatic N) is 3. The van der Waals surface area contributed by atoms with Gasteiger partial charge in [0, 0.05) is 30.9 Å². The molecule has 3 aromatic rings. The molecule has 7 nitrogen and oxygen atoms in total. The van der Waals surface area contributed by atoms with E-state index < -0.39 is 5.97 Å². The SMILES string of the molecule is C=C(C)n1nc(C(=O)Nc2ccc(CN3CC(C(=O)O)C3)cc2Cl)cc1-c1ccccc1. The van der Waals surface area contributed by atoms with Gasteiger partial charge >= 0.3 is 5.97 Å². The second-order valence-corrected chi connectivity index (χ2v) is 8.33. The highest BCUT2D eigenvalue weighted by molar-refractivity contribution is 6.34. The van der Waals surface area contributed by atoms with Crippen molar-refractivity contribution in [3.8, 4) is 11.3 Å². The summed E-state index contributed by atoms with van der Waals surface area (Å²) in [6.07, 6.45) is 0. The minimum absolute atomic E-state index is 0.257. The van der Waals surface area contributed by atoms with Crippen LogP contribution >= 0.6 is 11.6 Å². The van der Waals surface area contributed by atoms with Gasteiger partial charge in [-0.3, -0.25) is 14.5 Å². The number of anilines is 1. The average molecular weight is 451 g/mol. The van der Waals surface area contributed by atoms with E-state index in [1.54, 1.807) is 22.9 Å². The Morgan fingerprint density at radius 1 is 1.19 bits per heavy atom. The third-order valence-corrected chi connectivity index (χ3v) is 5.68. The molecule has 0 atom stereocenters. The molecular formula is C24H23ClN4O3. The number of likely N-dealkylation sites (tertiary alicyclic amines) is 1. The first-order valence-electron chi connectivity index (χ1n) is 10.2. The van der Waals surface area contributed by atoms with Crippen LogP contribution < -0.4 is 5.32 Å². The third-order valence-electron chi connectivity index (χ3n) is 5.37.